The van der Waals surface area contributed by atoms with Gasteiger partial charge in [-0.05, 0) is 47.5 Å². The number of benzene rings is 2. The molecule has 0 fully saturated rings. The number of urea groups is 1. The van der Waals surface area contributed by atoms with Crippen LogP contribution in [-0.2, 0) is 13.1 Å². The fraction of sp³-hybridized carbons (Fsp3) is 0.111. The first-order valence-corrected chi connectivity index (χ1v) is 12.6. The van der Waals surface area contributed by atoms with Gasteiger partial charge in [-0.3, -0.25) is 9.59 Å². The van der Waals surface area contributed by atoms with Crippen LogP contribution in [0.3, 0.4) is 0 Å². The minimum Gasteiger partial charge on any atom is -0.497 e. The molecule has 0 bridgehead atoms. The molecule has 2 aromatic carbocycles. The van der Waals surface area contributed by atoms with Crippen LogP contribution in [0, 0.1) is 0 Å². The minimum atomic E-state index is -0.494. The fourth-order valence-electron chi connectivity index (χ4n) is 3.47. The van der Waals surface area contributed by atoms with Crippen LogP contribution in [0.2, 0.25) is 10.3 Å². The number of ether oxygens (including phenoxy) is 1. The molecular formula is C27H23Cl2N7O4. The van der Waals surface area contributed by atoms with E-state index in [2.05, 4.69) is 36.2 Å². The third-order valence-corrected chi connectivity index (χ3v) is 5.79. The monoisotopic (exact) mass is 579 g/mol. The Hall–Kier alpha value is -4.74. The van der Waals surface area contributed by atoms with E-state index in [1.807, 2.05) is 24.3 Å². The van der Waals surface area contributed by atoms with Gasteiger partial charge in [-0.1, -0.05) is 47.5 Å². The highest BCUT2D eigenvalue weighted by atomic mass is 35.5. The Morgan fingerprint density at radius 1 is 0.750 bits per heavy atom. The molecule has 4 amide bonds. The minimum absolute atomic E-state index is 0.0489. The summed E-state index contributed by atoms with van der Waals surface area (Å²) in [6, 6.07) is 17.9. The Morgan fingerprint density at radius 2 is 1.35 bits per heavy atom. The fourth-order valence-corrected chi connectivity index (χ4v) is 3.93. The number of hydrogen-bond acceptors (Lipinski definition) is 7. The molecule has 13 heteroatoms. The number of amides is 4. The van der Waals surface area contributed by atoms with Crippen LogP contribution in [-0.4, -0.2) is 39.9 Å². The number of hydrogen-bond donors (Lipinski definition) is 4. The van der Waals surface area contributed by atoms with Gasteiger partial charge in [-0.2, -0.15) is 0 Å². The highest BCUT2D eigenvalue weighted by Gasteiger charge is 2.13. The molecule has 4 aromatic rings. The van der Waals surface area contributed by atoms with Gasteiger partial charge in [-0.15, -0.1) is 0 Å². The van der Waals surface area contributed by atoms with Crippen molar-refractivity contribution in [3.63, 3.8) is 0 Å². The van der Waals surface area contributed by atoms with Crippen molar-refractivity contribution in [3.05, 3.63) is 106 Å². The number of rotatable bonds is 9. The molecule has 40 heavy (non-hydrogen) atoms. The standard InChI is InChI=1S/C27H23Cl2N7O4/c1-40-20-4-2-3-17(9-20)14-31-26(38)22-12-21(32-15-33-22)25(37)30-13-16-5-7-18(8-6-16)34-27(39)35-19-10-23(28)36-24(29)11-19/h2-12,15H,13-14H2,1H3,(H,30,37)(H,31,38)(H2,34,35,36,39). The van der Waals surface area contributed by atoms with Crippen molar-refractivity contribution in [1.82, 2.24) is 25.6 Å². The third kappa shape index (κ3) is 8.13. The zero-order chi connectivity index (χ0) is 28.5. The van der Waals surface area contributed by atoms with Gasteiger partial charge in [-0.25, -0.2) is 19.7 Å². The Morgan fingerprint density at radius 3 is 1.98 bits per heavy atom. The number of pyridine rings is 1. The van der Waals surface area contributed by atoms with E-state index in [1.54, 1.807) is 31.4 Å². The largest absolute Gasteiger partial charge is 0.497 e. The van der Waals surface area contributed by atoms with E-state index >= 15 is 0 Å². The maximum Gasteiger partial charge on any atom is 0.323 e. The summed E-state index contributed by atoms with van der Waals surface area (Å²) >= 11 is 11.7. The molecule has 0 saturated carbocycles. The van der Waals surface area contributed by atoms with Crippen molar-refractivity contribution in [1.29, 1.82) is 0 Å². The number of carbonyl (C=O) groups excluding carboxylic acids is 3. The second-order valence-corrected chi connectivity index (χ2v) is 9.06. The van der Waals surface area contributed by atoms with Gasteiger partial charge in [0.1, 0.15) is 33.8 Å². The van der Waals surface area contributed by atoms with Crippen LogP contribution in [0.4, 0.5) is 16.2 Å². The van der Waals surface area contributed by atoms with Gasteiger partial charge in [0.25, 0.3) is 11.8 Å². The predicted octanol–water partition coefficient (Wildman–Crippen LogP) is 4.69. The summed E-state index contributed by atoms with van der Waals surface area (Å²) in [7, 11) is 1.57. The average molecular weight is 580 g/mol. The van der Waals surface area contributed by atoms with Crippen molar-refractivity contribution in [2.24, 2.45) is 0 Å². The summed E-state index contributed by atoms with van der Waals surface area (Å²) in [5, 5.41) is 11.1. The molecule has 0 aliphatic carbocycles. The Balaban J connectivity index is 1.27. The van der Waals surface area contributed by atoms with E-state index in [-0.39, 0.29) is 34.8 Å². The molecular weight excluding hydrogens is 557 g/mol. The number of nitrogens with zero attached hydrogens (tertiary/aromatic N) is 3. The molecule has 0 aliphatic heterocycles. The molecule has 2 heterocycles. The summed E-state index contributed by atoms with van der Waals surface area (Å²) in [6.07, 6.45) is 1.16. The van der Waals surface area contributed by atoms with Crippen molar-refractivity contribution in [2.45, 2.75) is 13.1 Å². The molecule has 4 N–H and O–H groups in total. The Kier molecular flexibility index (Phi) is 9.44. The van der Waals surface area contributed by atoms with Crippen LogP contribution in [0.1, 0.15) is 32.1 Å². The first-order valence-electron chi connectivity index (χ1n) is 11.8. The maximum atomic E-state index is 12.6. The summed E-state index contributed by atoms with van der Waals surface area (Å²) in [4.78, 5) is 49.2. The van der Waals surface area contributed by atoms with E-state index in [0.717, 1.165) is 17.5 Å². The lowest BCUT2D eigenvalue weighted by molar-refractivity contribution is 0.0944. The van der Waals surface area contributed by atoms with Crippen molar-refractivity contribution < 1.29 is 19.1 Å². The van der Waals surface area contributed by atoms with E-state index < -0.39 is 17.8 Å². The molecule has 0 atom stereocenters. The smallest absolute Gasteiger partial charge is 0.323 e. The van der Waals surface area contributed by atoms with Gasteiger partial charge in [0.2, 0.25) is 0 Å². The van der Waals surface area contributed by atoms with Gasteiger partial charge in [0.15, 0.2) is 0 Å². The average Bonchev–Trinajstić information content (AvgIpc) is 2.95. The molecule has 204 valence electrons. The molecule has 0 unspecified atom stereocenters. The summed E-state index contributed by atoms with van der Waals surface area (Å²) in [6.45, 7) is 0.460. The number of halogens is 2. The molecule has 4 rings (SSSR count). The second kappa shape index (κ2) is 13.4. The maximum absolute atomic E-state index is 12.6. The van der Waals surface area contributed by atoms with Crippen molar-refractivity contribution in [2.75, 3.05) is 17.7 Å². The number of carbonyl (C=O) groups is 3. The van der Waals surface area contributed by atoms with Gasteiger partial charge in [0, 0.05) is 30.5 Å². The van der Waals surface area contributed by atoms with Crippen LogP contribution >= 0.6 is 23.2 Å². The first-order chi connectivity index (χ1) is 19.3. The van der Waals surface area contributed by atoms with E-state index in [0.29, 0.717) is 17.1 Å². The first kappa shape index (κ1) is 28.3. The lowest BCUT2D eigenvalue weighted by atomic mass is 10.2. The van der Waals surface area contributed by atoms with E-state index in [1.165, 1.54) is 18.2 Å². The zero-order valence-corrected chi connectivity index (χ0v) is 22.6. The summed E-state index contributed by atoms with van der Waals surface area (Å²) in [5.41, 5.74) is 2.66. The molecule has 11 nitrogen and oxygen atoms in total. The second-order valence-electron chi connectivity index (χ2n) is 8.28. The van der Waals surface area contributed by atoms with E-state index in [4.69, 9.17) is 27.9 Å². The van der Waals surface area contributed by atoms with Crippen molar-refractivity contribution in [3.8, 4) is 5.75 Å². The molecule has 0 radical (unpaired) electrons. The van der Waals surface area contributed by atoms with Gasteiger partial charge in [0.05, 0.1) is 7.11 Å². The predicted molar refractivity (Wildman–Crippen MR) is 151 cm³/mol. The number of nitrogens with one attached hydrogen (secondary N) is 4. The highest BCUT2D eigenvalue weighted by Crippen LogP contribution is 2.19. The Labute approximate surface area is 239 Å². The Bertz CT molecular complexity index is 1510. The molecule has 2 aromatic heterocycles. The van der Waals surface area contributed by atoms with Gasteiger partial charge < -0.3 is 26.0 Å². The lowest BCUT2D eigenvalue weighted by Gasteiger charge is -2.10. The highest BCUT2D eigenvalue weighted by molar-refractivity contribution is 6.33. The lowest BCUT2D eigenvalue weighted by Crippen LogP contribution is -2.27. The number of methoxy groups -OCH3 is 1. The number of aromatic nitrogens is 3. The molecule has 0 saturated heterocycles. The van der Waals surface area contributed by atoms with Crippen LogP contribution in [0.25, 0.3) is 0 Å². The number of anilines is 2. The third-order valence-electron chi connectivity index (χ3n) is 5.41. The summed E-state index contributed by atoms with van der Waals surface area (Å²) < 4.78 is 5.18. The molecule has 0 spiro atoms. The van der Waals surface area contributed by atoms with Crippen LogP contribution < -0.4 is 26.0 Å². The van der Waals surface area contributed by atoms with E-state index in [9.17, 15) is 14.4 Å². The quantitative estimate of drug-likeness (QED) is 0.210. The molecule has 0 aliphatic rings. The van der Waals surface area contributed by atoms with Crippen LogP contribution in [0.15, 0.2) is 73.1 Å². The zero-order valence-electron chi connectivity index (χ0n) is 21.1. The SMILES string of the molecule is COc1cccc(CNC(=O)c2cc(C(=O)NCc3ccc(NC(=O)Nc4cc(Cl)nc(Cl)c4)cc3)ncn2)c1. The van der Waals surface area contributed by atoms with Gasteiger partial charge >= 0.3 is 6.03 Å². The van der Waals surface area contributed by atoms with Crippen LogP contribution in [0.5, 0.6) is 5.75 Å². The summed E-state index contributed by atoms with van der Waals surface area (Å²) in [5.74, 6) is -0.233. The van der Waals surface area contributed by atoms with Crippen molar-refractivity contribution >= 4 is 52.4 Å². The topological polar surface area (TPSA) is 147 Å². The normalized spacial score (nSPS) is 10.4.